The number of tetrazole rings is 1. The van der Waals surface area contributed by atoms with Crippen molar-refractivity contribution < 1.29 is 9.53 Å². The summed E-state index contributed by atoms with van der Waals surface area (Å²) in [4.78, 5) is 12.1. The molecule has 0 radical (unpaired) electrons. The summed E-state index contributed by atoms with van der Waals surface area (Å²) < 4.78 is 7.28. The van der Waals surface area contributed by atoms with Gasteiger partial charge in [-0.05, 0) is 60.2 Å². The predicted molar refractivity (Wildman–Crippen MR) is 109 cm³/mol. The zero-order valence-corrected chi connectivity index (χ0v) is 17.1. The van der Waals surface area contributed by atoms with Gasteiger partial charge in [-0.3, -0.25) is 4.79 Å². The van der Waals surface area contributed by atoms with E-state index in [0.29, 0.717) is 23.3 Å². The molecule has 0 unspecified atom stereocenters. The Labute approximate surface area is 172 Å². The largest absolute Gasteiger partial charge is 0.491 e. The first-order chi connectivity index (χ1) is 13.5. The van der Waals surface area contributed by atoms with Gasteiger partial charge < -0.3 is 10.1 Å². The molecule has 2 aromatic carbocycles. The second-order valence-electron chi connectivity index (χ2n) is 6.11. The Kier molecular flexibility index (Phi) is 6.89. The van der Waals surface area contributed by atoms with Crippen molar-refractivity contribution in [1.82, 2.24) is 25.5 Å². The molecule has 1 aromatic heterocycles. The van der Waals surface area contributed by atoms with E-state index < -0.39 is 0 Å². The summed E-state index contributed by atoms with van der Waals surface area (Å²) in [6.07, 6.45) is 0. The fourth-order valence-corrected chi connectivity index (χ4v) is 3.35. The lowest BCUT2D eigenvalue weighted by Gasteiger charge is -2.10. The summed E-state index contributed by atoms with van der Waals surface area (Å²) >= 11 is 7.16. The number of ether oxygens (including phenoxy) is 1. The highest BCUT2D eigenvalue weighted by atomic mass is 35.5. The van der Waals surface area contributed by atoms with E-state index in [4.69, 9.17) is 16.3 Å². The van der Waals surface area contributed by atoms with Gasteiger partial charge in [0.25, 0.3) is 0 Å². The molecule has 7 nitrogen and oxygen atoms in total. The van der Waals surface area contributed by atoms with Crippen LogP contribution in [0.3, 0.4) is 0 Å². The second-order valence-corrected chi connectivity index (χ2v) is 7.48. The van der Waals surface area contributed by atoms with E-state index in [1.165, 1.54) is 17.3 Å². The molecule has 0 atom stereocenters. The Morgan fingerprint density at radius 2 is 2.00 bits per heavy atom. The van der Waals surface area contributed by atoms with Gasteiger partial charge in [-0.15, -0.1) is 5.10 Å². The number of nitrogens with zero attached hydrogens (tertiary/aromatic N) is 4. The van der Waals surface area contributed by atoms with E-state index in [0.717, 1.165) is 17.0 Å². The summed E-state index contributed by atoms with van der Waals surface area (Å²) in [5.74, 6) is 0.925. The van der Waals surface area contributed by atoms with Crippen LogP contribution in [0.15, 0.2) is 47.6 Å². The molecule has 0 aliphatic heterocycles. The minimum Gasteiger partial charge on any atom is -0.491 e. The van der Waals surface area contributed by atoms with Crippen LogP contribution >= 0.6 is 23.4 Å². The Morgan fingerprint density at radius 3 is 2.75 bits per heavy atom. The lowest BCUT2D eigenvalue weighted by molar-refractivity contribution is -0.118. The van der Waals surface area contributed by atoms with Crippen LogP contribution in [-0.2, 0) is 4.79 Å². The first-order valence-corrected chi connectivity index (χ1v) is 10.0. The van der Waals surface area contributed by atoms with Gasteiger partial charge >= 0.3 is 0 Å². The molecule has 3 aromatic rings. The number of nitrogens with one attached hydrogen (secondary N) is 1. The van der Waals surface area contributed by atoms with E-state index in [2.05, 4.69) is 26.9 Å². The van der Waals surface area contributed by atoms with Crippen LogP contribution in [0.5, 0.6) is 5.75 Å². The molecule has 9 heteroatoms. The molecule has 1 amide bonds. The monoisotopic (exact) mass is 417 g/mol. The zero-order chi connectivity index (χ0) is 19.9. The maximum Gasteiger partial charge on any atom is 0.230 e. The van der Waals surface area contributed by atoms with Crippen LogP contribution in [0.2, 0.25) is 5.02 Å². The summed E-state index contributed by atoms with van der Waals surface area (Å²) in [5.41, 5.74) is 3.05. The molecule has 1 N–H and O–H groups in total. The molecule has 1 heterocycles. The predicted octanol–water partition coefficient (Wildman–Crippen LogP) is 3.22. The van der Waals surface area contributed by atoms with E-state index in [-0.39, 0.29) is 11.7 Å². The van der Waals surface area contributed by atoms with Gasteiger partial charge in [0.15, 0.2) is 0 Å². The van der Waals surface area contributed by atoms with Crippen LogP contribution in [-0.4, -0.2) is 45.0 Å². The highest BCUT2D eigenvalue weighted by molar-refractivity contribution is 7.99. The number of amides is 1. The third kappa shape index (κ3) is 5.46. The van der Waals surface area contributed by atoms with Crippen molar-refractivity contribution >= 4 is 29.3 Å². The summed E-state index contributed by atoms with van der Waals surface area (Å²) in [6.45, 7) is 4.87. The molecule has 0 aliphatic carbocycles. The summed E-state index contributed by atoms with van der Waals surface area (Å²) in [6, 6.07) is 13.2. The average Bonchev–Trinajstić information content (AvgIpc) is 3.14. The molecule has 0 fully saturated rings. The summed E-state index contributed by atoms with van der Waals surface area (Å²) in [5, 5.41) is 15.6. The smallest absolute Gasteiger partial charge is 0.230 e. The van der Waals surface area contributed by atoms with Gasteiger partial charge in [-0.2, -0.15) is 4.68 Å². The second kappa shape index (κ2) is 9.57. The number of hydrogen-bond acceptors (Lipinski definition) is 6. The number of rotatable bonds is 8. The van der Waals surface area contributed by atoms with Gasteiger partial charge in [0.05, 0.1) is 18.0 Å². The van der Waals surface area contributed by atoms with Crippen LogP contribution in [0.4, 0.5) is 0 Å². The molecular formula is C19H20ClN5O2S. The number of benzene rings is 2. The molecule has 0 bridgehead atoms. The fourth-order valence-electron chi connectivity index (χ4n) is 2.51. The zero-order valence-electron chi connectivity index (χ0n) is 15.6. The SMILES string of the molecule is Cc1ccc(OCCNC(=O)CSc2nnnn2-c2ccc(Cl)cc2)c(C)c1. The Morgan fingerprint density at radius 1 is 1.21 bits per heavy atom. The first kappa shape index (κ1) is 20.2. The number of aromatic nitrogens is 4. The fraction of sp³-hybridized carbons (Fsp3) is 0.263. The minimum absolute atomic E-state index is 0.111. The highest BCUT2D eigenvalue weighted by Crippen LogP contribution is 2.20. The standard InChI is InChI=1S/C19H20ClN5O2S/c1-13-3-8-17(14(2)11-13)27-10-9-21-18(26)12-28-19-22-23-24-25(19)16-6-4-15(20)5-7-16/h3-8,11H,9-10,12H2,1-2H3,(H,21,26). The van der Waals surface area contributed by atoms with Crippen molar-refractivity contribution in [3.63, 3.8) is 0 Å². The van der Waals surface area contributed by atoms with Crippen molar-refractivity contribution in [3.8, 4) is 11.4 Å². The van der Waals surface area contributed by atoms with E-state index in [1.807, 2.05) is 38.1 Å². The van der Waals surface area contributed by atoms with Gasteiger partial charge in [0.1, 0.15) is 12.4 Å². The van der Waals surface area contributed by atoms with E-state index in [9.17, 15) is 4.79 Å². The van der Waals surface area contributed by atoms with Crippen molar-refractivity contribution in [2.24, 2.45) is 0 Å². The highest BCUT2D eigenvalue weighted by Gasteiger charge is 2.11. The lowest BCUT2D eigenvalue weighted by atomic mass is 10.1. The summed E-state index contributed by atoms with van der Waals surface area (Å²) in [7, 11) is 0. The van der Waals surface area contributed by atoms with Gasteiger partial charge in [0, 0.05) is 5.02 Å². The Hall–Kier alpha value is -2.58. The lowest BCUT2D eigenvalue weighted by Crippen LogP contribution is -2.29. The minimum atomic E-state index is -0.111. The number of carbonyl (C=O) groups is 1. The topological polar surface area (TPSA) is 81.9 Å². The normalized spacial score (nSPS) is 10.7. The number of carbonyl (C=O) groups excluding carboxylic acids is 1. The molecule has 3 rings (SSSR count). The van der Waals surface area contributed by atoms with Crippen LogP contribution in [0.25, 0.3) is 5.69 Å². The Bertz CT molecular complexity index is 946. The quantitative estimate of drug-likeness (QED) is 0.447. The molecule has 0 aliphatic rings. The van der Waals surface area contributed by atoms with Crippen LogP contribution in [0, 0.1) is 13.8 Å². The Balaban J connectivity index is 1.44. The van der Waals surface area contributed by atoms with Gasteiger partial charge in [-0.25, -0.2) is 0 Å². The molecule has 0 spiro atoms. The van der Waals surface area contributed by atoms with Crippen LogP contribution < -0.4 is 10.1 Å². The van der Waals surface area contributed by atoms with E-state index in [1.54, 1.807) is 16.8 Å². The maximum absolute atomic E-state index is 12.1. The van der Waals surface area contributed by atoms with Crippen molar-refractivity contribution in [2.45, 2.75) is 19.0 Å². The van der Waals surface area contributed by atoms with Gasteiger partial charge in [0.2, 0.25) is 11.1 Å². The maximum atomic E-state index is 12.1. The van der Waals surface area contributed by atoms with E-state index >= 15 is 0 Å². The van der Waals surface area contributed by atoms with Crippen molar-refractivity contribution in [1.29, 1.82) is 0 Å². The molecule has 0 saturated carbocycles. The number of thioether (sulfide) groups is 1. The number of halogens is 1. The third-order valence-corrected chi connectivity index (χ3v) is 5.03. The van der Waals surface area contributed by atoms with Crippen LogP contribution in [0.1, 0.15) is 11.1 Å². The average molecular weight is 418 g/mol. The molecular weight excluding hydrogens is 398 g/mol. The first-order valence-electron chi connectivity index (χ1n) is 8.67. The van der Waals surface area contributed by atoms with Crippen molar-refractivity contribution in [3.05, 3.63) is 58.6 Å². The number of aryl methyl sites for hydroxylation is 2. The molecule has 28 heavy (non-hydrogen) atoms. The molecule has 146 valence electrons. The third-order valence-electron chi connectivity index (χ3n) is 3.86. The van der Waals surface area contributed by atoms with Crippen molar-refractivity contribution in [2.75, 3.05) is 18.9 Å². The number of hydrogen-bond donors (Lipinski definition) is 1. The molecule has 0 saturated heterocycles. The van der Waals surface area contributed by atoms with Gasteiger partial charge in [-0.1, -0.05) is 41.1 Å².